The fourth-order valence-electron chi connectivity index (χ4n) is 4.37. The number of esters is 2. The zero-order valence-electron chi connectivity index (χ0n) is 26.2. The van der Waals surface area contributed by atoms with E-state index in [2.05, 4.69) is 9.98 Å². The third kappa shape index (κ3) is 8.64. The van der Waals surface area contributed by atoms with E-state index in [4.69, 9.17) is 18.9 Å². The van der Waals surface area contributed by atoms with Gasteiger partial charge in [-0.25, -0.2) is 9.59 Å². The Hall–Kier alpha value is -6.42. The minimum absolute atomic E-state index is 0.0356. The van der Waals surface area contributed by atoms with E-state index in [1.165, 1.54) is 36.7 Å². The number of carbonyl (C=O) groups is 2. The van der Waals surface area contributed by atoms with E-state index in [0.29, 0.717) is 47.2 Å². The summed E-state index contributed by atoms with van der Waals surface area (Å²) in [7, 11) is 0. The van der Waals surface area contributed by atoms with E-state index in [-0.39, 0.29) is 34.1 Å². The molecule has 2 N–H and O–H groups in total. The SMILES string of the molecule is CCOc1ccc(C=Nc2ccc(C(=O)Oc3ccccc3OC(=O)c3ccc(N=Cc4ccc(OCC)cc4O)cc3)cc2)c(O)c1. The number of phenols is 2. The van der Waals surface area contributed by atoms with Crippen molar-refractivity contribution in [3.05, 3.63) is 131 Å². The smallest absolute Gasteiger partial charge is 0.343 e. The van der Waals surface area contributed by atoms with Gasteiger partial charge in [0.2, 0.25) is 0 Å². The van der Waals surface area contributed by atoms with E-state index in [0.717, 1.165) is 0 Å². The molecule has 242 valence electrons. The van der Waals surface area contributed by atoms with Crippen LogP contribution >= 0.6 is 0 Å². The molecule has 0 bridgehead atoms. The Bertz CT molecular complexity index is 1810. The summed E-state index contributed by atoms with van der Waals surface area (Å²) >= 11 is 0. The van der Waals surface area contributed by atoms with Crippen LogP contribution in [0.4, 0.5) is 11.4 Å². The number of rotatable bonds is 12. The van der Waals surface area contributed by atoms with Crippen LogP contribution in [0.1, 0.15) is 45.7 Å². The molecule has 0 unspecified atom stereocenters. The Morgan fingerprint density at radius 2 is 0.979 bits per heavy atom. The molecule has 10 nitrogen and oxygen atoms in total. The molecule has 0 heterocycles. The van der Waals surface area contributed by atoms with E-state index < -0.39 is 11.9 Å². The molecule has 0 atom stereocenters. The quantitative estimate of drug-likeness (QED) is 0.0797. The van der Waals surface area contributed by atoms with Gasteiger partial charge in [-0.3, -0.25) is 9.98 Å². The molecule has 48 heavy (non-hydrogen) atoms. The van der Waals surface area contributed by atoms with Gasteiger partial charge in [0.15, 0.2) is 11.5 Å². The lowest BCUT2D eigenvalue weighted by molar-refractivity contribution is 0.0682. The van der Waals surface area contributed by atoms with E-state index >= 15 is 0 Å². The standard InChI is InChI=1S/C38H32N2O8/c1-3-45-31-19-13-27(33(41)21-31)23-39-29-15-9-25(10-16-29)37(43)47-35-7-5-6-8-36(35)48-38(44)26-11-17-30(18-12-26)40-24-28-14-20-32(46-4-2)22-34(28)42/h5-24,41-42H,3-4H2,1-2H3. The third-order valence-electron chi connectivity index (χ3n) is 6.79. The summed E-state index contributed by atoms with van der Waals surface area (Å²) in [5, 5.41) is 20.4. The molecule has 0 saturated heterocycles. The number of aromatic hydroxyl groups is 2. The Balaban J connectivity index is 1.19. The molecular formula is C38H32N2O8. The van der Waals surface area contributed by atoms with Crippen molar-refractivity contribution in [1.82, 2.24) is 0 Å². The van der Waals surface area contributed by atoms with Gasteiger partial charge in [0.05, 0.1) is 35.7 Å². The number of hydrogen-bond acceptors (Lipinski definition) is 10. The van der Waals surface area contributed by atoms with Crippen molar-refractivity contribution in [2.24, 2.45) is 9.98 Å². The van der Waals surface area contributed by atoms with Gasteiger partial charge in [-0.05, 0) is 98.8 Å². The average Bonchev–Trinajstić information content (AvgIpc) is 3.09. The second-order valence-electron chi connectivity index (χ2n) is 10.1. The fraction of sp³-hybridized carbons (Fsp3) is 0.105. The summed E-state index contributed by atoms with van der Waals surface area (Å²) in [6, 6.07) is 29.1. The van der Waals surface area contributed by atoms with Crippen LogP contribution in [-0.2, 0) is 0 Å². The molecule has 0 aliphatic rings. The largest absolute Gasteiger partial charge is 0.507 e. The van der Waals surface area contributed by atoms with Crippen molar-refractivity contribution >= 4 is 35.7 Å². The summed E-state index contributed by atoms with van der Waals surface area (Å²) < 4.78 is 21.9. The molecule has 0 radical (unpaired) electrons. The highest BCUT2D eigenvalue weighted by Crippen LogP contribution is 2.29. The highest BCUT2D eigenvalue weighted by Gasteiger charge is 2.16. The molecule has 5 rings (SSSR count). The first-order valence-corrected chi connectivity index (χ1v) is 15.1. The summed E-state index contributed by atoms with van der Waals surface area (Å²) in [6.07, 6.45) is 3.03. The maximum Gasteiger partial charge on any atom is 0.343 e. The molecule has 0 amide bonds. The molecule has 0 aromatic heterocycles. The summed E-state index contributed by atoms with van der Waals surface area (Å²) in [5.74, 6) is 0.0256. The van der Waals surface area contributed by atoms with Gasteiger partial charge in [0.1, 0.15) is 23.0 Å². The number of aliphatic imine (C=N–C) groups is 2. The molecule has 0 fully saturated rings. The van der Waals surface area contributed by atoms with Gasteiger partial charge < -0.3 is 29.2 Å². The van der Waals surface area contributed by atoms with Gasteiger partial charge in [0, 0.05) is 35.7 Å². The van der Waals surface area contributed by atoms with Crippen molar-refractivity contribution in [3.63, 3.8) is 0 Å². The van der Waals surface area contributed by atoms with Gasteiger partial charge in [-0.15, -0.1) is 0 Å². The van der Waals surface area contributed by atoms with Crippen molar-refractivity contribution in [2.45, 2.75) is 13.8 Å². The highest BCUT2D eigenvalue weighted by molar-refractivity contribution is 5.94. The second-order valence-corrected chi connectivity index (χ2v) is 10.1. The number of benzene rings is 5. The lowest BCUT2D eigenvalue weighted by atomic mass is 10.2. The minimum Gasteiger partial charge on any atom is -0.507 e. The summed E-state index contributed by atoms with van der Waals surface area (Å²) in [6.45, 7) is 4.70. The number of para-hydroxylation sites is 2. The lowest BCUT2D eigenvalue weighted by Gasteiger charge is -2.10. The highest BCUT2D eigenvalue weighted by atomic mass is 16.6. The maximum absolute atomic E-state index is 12.9. The second kappa shape index (κ2) is 15.7. The van der Waals surface area contributed by atoms with Crippen LogP contribution in [0.15, 0.2) is 119 Å². The topological polar surface area (TPSA) is 136 Å². The van der Waals surface area contributed by atoms with Crippen LogP contribution in [0, 0.1) is 0 Å². The average molecular weight is 645 g/mol. The Morgan fingerprint density at radius 3 is 1.33 bits per heavy atom. The number of carbonyl (C=O) groups excluding carboxylic acids is 2. The third-order valence-corrected chi connectivity index (χ3v) is 6.79. The predicted octanol–water partition coefficient (Wildman–Crippen LogP) is 7.83. The van der Waals surface area contributed by atoms with E-state index in [1.807, 2.05) is 13.8 Å². The molecule has 0 spiro atoms. The van der Waals surface area contributed by atoms with Crippen molar-refractivity contribution < 1.29 is 38.7 Å². The number of phenolic OH excluding ortho intramolecular Hbond substituents is 2. The van der Waals surface area contributed by atoms with E-state index in [1.54, 1.807) is 84.9 Å². The van der Waals surface area contributed by atoms with Crippen LogP contribution in [-0.4, -0.2) is 47.8 Å². The van der Waals surface area contributed by atoms with Gasteiger partial charge in [-0.2, -0.15) is 0 Å². The first-order chi connectivity index (χ1) is 23.3. The summed E-state index contributed by atoms with van der Waals surface area (Å²) in [4.78, 5) is 34.6. The Morgan fingerprint density at radius 1 is 0.583 bits per heavy atom. The van der Waals surface area contributed by atoms with E-state index in [9.17, 15) is 19.8 Å². The monoisotopic (exact) mass is 644 g/mol. The molecule has 5 aromatic carbocycles. The minimum atomic E-state index is -0.654. The van der Waals surface area contributed by atoms with Crippen molar-refractivity contribution in [2.75, 3.05) is 13.2 Å². The first kappa shape index (κ1) is 33.0. The fourth-order valence-corrected chi connectivity index (χ4v) is 4.37. The molecule has 0 aliphatic carbocycles. The van der Waals surface area contributed by atoms with Crippen LogP contribution in [0.2, 0.25) is 0 Å². The predicted molar refractivity (Wildman–Crippen MR) is 182 cm³/mol. The van der Waals surface area contributed by atoms with Gasteiger partial charge >= 0.3 is 11.9 Å². The first-order valence-electron chi connectivity index (χ1n) is 15.1. The zero-order chi connectivity index (χ0) is 33.9. The zero-order valence-corrected chi connectivity index (χ0v) is 26.2. The van der Waals surface area contributed by atoms with Gasteiger partial charge in [-0.1, -0.05) is 12.1 Å². The molecule has 0 aliphatic heterocycles. The van der Waals surface area contributed by atoms with Crippen molar-refractivity contribution in [3.8, 4) is 34.5 Å². The Labute approximate surface area is 277 Å². The molecule has 5 aromatic rings. The molecule has 10 heteroatoms. The molecular weight excluding hydrogens is 612 g/mol. The lowest BCUT2D eigenvalue weighted by Crippen LogP contribution is -2.12. The number of ether oxygens (including phenoxy) is 4. The van der Waals surface area contributed by atoms with Crippen LogP contribution in [0.3, 0.4) is 0 Å². The number of hydrogen-bond donors (Lipinski definition) is 2. The Kier molecular flexibility index (Phi) is 10.8. The number of nitrogens with zero attached hydrogens (tertiary/aromatic N) is 2. The van der Waals surface area contributed by atoms with Crippen LogP contribution < -0.4 is 18.9 Å². The van der Waals surface area contributed by atoms with Gasteiger partial charge in [0.25, 0.3) is 0 Å². The van der Waals surface area contributed by atoms with Crippen LogP contribution in [0.25, 0.3) is 0 Å². The van der Waals surface area contributed by atoms with Crippen LogP contribution in [0.5, 0.6) is 34.5 Å². The molecule has 0 saturated carbocycles. The summed E-state index contributed by atoms with van der Waals surface area (Å²) in [5.41, 5.74) is 2.65. The normalized spacial score (nSPS) is 11.0. The maximum atomic E-state index is 12.9. The van der Waals surface area contributed by atoms with Crippen molar-refractivity contribution in [1.29, 1.82) is 0 Å².